The van der Waals surface area contributed by atoms with E-state index in [1.165, 1.54) is 0 Å². The molecule has 0 saturated heterocycles. The summed E-state index contributed by atoms with van der Waals surface area (Å²) in [5.41, 5.74) is 7.10. The van der Waals surface area contributed by atoms with Crippen LogP contribution in [0.2, 0.25) is 0 Å². The smallest absolute Gasteiger partial charge is 0.153 e. The molecule has 0 saturated carbocycles. The third kappa shape index (κ3) is 3.27. The standard InChI is InChI=1S/C18H9BrO2.C18H10O2/c19-13-9-12-10-5-1-3-7-14(10)20-17(12)16-11-6-2-4-8-15(11)21-18(13)16;1-3-7-14-11(5-1)12-9-10-16-17(18(12)20-14)13-6-2-4-8-15(13)19-16/h1-9H;1-10H. The molecular weight excluding hydrogens is 576 g/mol. The summed E-state index contributed by atoms with van der Waals surface area (Å²) in [6.45, 7) is 0. The number of halogens is 1. The fraction of sp³-hybridized carbons (Fsp3) is 0. The number of para-hydroxylation sites is 4. The van der Waals surface area contributed by atoms with Gasteiger partial charge in [-0.2, -0.15) is 0 Å². The van der Waals surface area contributed by atoms with Crippen molar-refractivity contribution < 1.29 is 17.7 Å². The molecule has 0 bridgehead atoms. The van der Waals surface area contributed by atoms with Crippen LogP contribution in [0.25, 0.3) is 87.8 Å². The van der Waals surface area contributed by atoms with Crippen LogP contribution in [0, 0.1) is 0 Å². The lowest BCUT2D eigenvalue weighted by molar-refractivity contribution is 0.661. The zero-order valence-corrected chi connectivity index (χ0v) is 23.1. The molecule has 0 radical (unpaired) electrons. The fourth-order valence-corrected chi connectivity index (χ4v) is 6.53. The van der Waals surface area contributed by atoms with Crippen molar-refractivity contribution in [1.82, 2.24) is 0 Å². The minimum Gasteiger partial charge on any atom is -0.456 e. The van der Waals surface area contributed by atoms with Crippen LogP contribution in [0.1, 0.15) is 0 Å². The lowest BCUT2D eigenvalue weighted by atomic mass is 10.1. The molecule has 0 aliphatic rings. The SMILES string of the molecule is Brc1cc2c3ccccc3oc2c2c1oc1ccccc12.c1ccc2c(c1)oc1c2ccc2oc3ccccc3c21. The Balaban J connectivity index is 0.000000117. The zero-order chi connectivity index (χ0) is 27.1. The monoisotopic (exact) mass is 594 g/mol. The molecule has 6 aromatic carbocycles. The van der Waals surface area contributed by atoms with E-state index >= 15 is 0 Å². The van der Waals surface area contributed by atoms with Crippen LogP contribution in [0.3, 0.4) is 0 Å². The van der Waals surface area contributed by atoms with Gasteiger partial charge in [-0.3, -0.25) is 0 Å². The molecule has 0 N–H and O–H groups in total. The molecule has 41 heavy (non-hydrogen) atoms. The molecule has 0 spiro atoms. The quantitative estimate of drug-likeness (QED) is 0.175. The Kier molecular flexibility index (Phi) is 4.72. The summed E-state index contributed by atoms with van der Waals surface area (Å²) in [6, 6.07) is 38.5. The second-order valence-corrected chi connectivity index (χ2v) is 11.0. The lowest BCUT2D eigenvalue weighted by Crippen LogP contribution is -1.72. The third-order valence-electron chi connectivity index (χ3n) is 7.83. The van der Waals surface area contributed by atoms with E-state index < -0.39 is 0 Å². The van der Waals surface area contributed by atoms with Gasteiger partial charge in [0.15, 0.2) is 5.58 Å². The van der Waals surface area contributed by atoms with Gasteiger partial charge >= 0.3 is 0 Å². The average Bonchev–Trinajstić information content (AvgIpc) is 3.77. The number of benzene rings is 6. The molecule has 0 unspecified atom stereocenters. The van der Waals surface area contributed by atoms with Gasteiger partial charge in [-0.25, -0.2) is 0 Å². The Morgan fingerprint density at radius 3 is 1.46 bits per heavy atom. The number of rotatable bonds is 0. The van der Waals surface area contributed by atoms with E-state index in [2.05, 4.69) is 52.3 Å². The number of fused-ring (bicyclic) bond motifs is 14. The third-order valence-corrected chi connectivity index (χ3v) is 8.42. The highest BCUT2D eigenvalue weighted by atomic mass is 79.9. The Hall–Kier alpha value is -5.00. The van der Waals surface area contributed by atoms with E-state index in [0.717, 1.165) is 92.2 Å². The summed E-state index contributed by atoms with van der Waals surface area (Å²) >= 11 is 3.63. The van der Waals surface area contributed by atoms with Gasteiger partial charge in [-0.15, -0.1) is 0 Å². The van der Waals surface area contributed by atoms with Crippen molar-refractivity contribution >= 4 is 104 Å². The maximum absolute atomic E-state index is 6.11. The first-order valence-corrected chi connectivity index (χ1v) is 14.2. The van der Waals surface area contributed by atoms with Gasteiger partial charge in [0.25, 0.3) is 0 Å². The van der Waals surface area contributed by atoms with Gasteiger partial charge in [-0.05, 0) is 58.4 Å². The van der Waals surface area contributed by atoms with Crippen LogP contribution in [0.5, 0.6) is 0 Å². The Morgan fingerprint density at radius 1 is 0.341 bits per heavy atom. The van der Waals surface area contributed by atoms with Crippen molar-refractivity contribution in [1.29, 1.82) is 0 Å². The maximum Gasteiger partial charge on any atom is 0.153 e. The van der Waals surface area contributed by atoms with Crippen LogP contribution in [0.4, 0.5) is 0 Å². The fourth-order valence-electron chi connectivity index (χ4n) is 6.02. The summed E-state index contributed by atoms with van der Waals surface area (Å²) in [6.07, 6.45) is 0. The molecular formula is C36H19BrO4. The van der Waals surface area contributed by atoms with Crippen LogP contribution in [0.15, 0.2) is 137 Å². The molecule has 0 atom stereocenters. The largest absolute Gasteiger partial charge is 0.456 e. The lowest BCUT2D eigenvalue weighted by Gasteiger charge is -1.95. The van der Waals surface area contributed by atoms with Crippen molar-refractivity contribution in [2.45, 2.75) is 0 Å². The van der Waals surface area contributed by atoms with Gasteiger partial charge < -0.3 is 17.7 Å². The van der Waals surface area contributed by atoms with Crippen molar-refractivity contribution in [2.24, 2.45) is 0 Å². The number of furan rings is 4. The molecule has 0 fully saturated rings. The predicted molar refractivity (Wildman–Crippen MR) is 170 cm³/mol. The van der Waals surface area contributed by atoms with Crippen molar-refractivity contribution in [3.8, 4) is 0 Å². The van der Waals surface area contributed by atoms with Gasteiger partial charge in [-0.1, -0.05) is 72.8 Å². The average molecular weight is 595 g/mol. The molecule has 10 rings (SSSR count). The van der Waals surface area contributed by atoms with E-state index in [0.29, 0.717) is 0 Å². The van der Waals surface area contributed by atoms with Crippen molar-refractivity contribution in [3.05, 3.63) is 120 Å². The molecule has 4 aromatic heterocycles. The molecule has 0 amide bonds. The van der Waals surface area contributed by atoms with E-state index in [1.807, 2.05) is 78.9 Å². The highest BCUT2D eigenvalue weighted by Crippen LogP contribution is 2.42. The molecule has 10 aromatic rings. The van der Waals surface area contributed by atoms with E-state index in [-0.39, 0.29) is 0 Å². The van der Waals surface area contributed by atoms with Gasteiger partial charge in [0, 0.05) is 32.3 Å². The second-order valence-electron chi connectivity index (χ2n) is 10.1. The van der Waals surface area contributed by atoms with Crippen molar-refractivity contribution in [2.75, 3.05) is 0 Å². The van der Waals surface area contributed by atoms with Crippen LogP contribution < -0.4 is 0 Å². The first kappa shape index (κ1) is 22.8. The topological polar surface area (TPSA) is 52.6 Å². The number of hydrogen-bond donors (Lipinski definition) is 0. The summed E-state index contributed by atoms with van der Waals surface area (Å²) in [5, 5.41) is 8.80. The first-order chi connectivity index (χ1) is 20.2. The maximum atomic E-state index is 6.11. The molecule has 194 valence electrons. The summed E-state index contributed by atoms with van der Waals surface area (Å²) < 4.78 is 25.0. The first-order valence-electron chi connectivity index (χ1n) is 13.4. The van der Waals surface area contributed by atoms with E-state index in [4.69, 9.17) is 17.7 Å². The van der Waals surface area contributed by atoms with Crippen LogP contribution in [-0.2, 0) is 0 Å². The predicted octanol–water partition coefficient (Wildman–Crippen LogP) is 11.7. The van der Waals surface area contributed by atoms with Gasteiger partial charge in [0.2, 0.25) is 0 Å². The minimum atomic E-state index is 0.836. The van der Waals surface area contributed by atoms with Gasteiger partial charge in [0.05, 0.1) is 15.2 Å². The Labute approximate surface area is 240 Å². The Morgan fingerprint density at radius 2 is 0.805 bits per heavy atom. The van der Waals surface area contributed by atoms with Crippen molar-refractivity contribution in [3.63, 3.8) is 0 Å². The summed E-state index contributed by atoms with van der Waals surface area (Å²) in [4.78, 5) is 0. The highest BCUT2D eigenvalue weighted by Gasteiger charge is 2.18. The second kappa shape index (κ2) is 8.50. The molecule has 4 nitrogen and oxygen atoms in total. The van der Waals surface area contributed by atoms with E-state index in [9.17, 15) is 0 Å². The zero-order valence-electron chi connectivity index (χ0n) is 21.5. The normalized spacial score (nSPS) is 12.0. The molecule has 0 aliphatic carbocycles. The highest BCUT2D eigenvalue weighted by molar-refractivity contribution is 9.10. The molecule has 0 aliphatic heterocycles. The minimum absolute atomic E-state index is 0.836. The van der Waals surface area contributed by atoms with E-state index in [1.54, 1.807) is 0 Å². The van der Waals surface area contributed by atoms with Crippen LogP contribution in [-0.4, -0.2) is 0 Å². The van der Waals surface area contributed by atoms with Crippen LogP contribution >= 0.6 is 15.9 Å². The summed E-state index contributed by atoms with van der Waals surface area (Å²) in [7, 11) is 0. The molecule has 5 heteroatoms. The number of hydrogen-bond acceptors (Lipinski definition) is 4. The van der Waals surface area contributed by atoms with Gasteiger partial charge in [0.1, 0.15) is 39.1 Å². The Bertz CT molecular complexity index is 2610. The summed E-state index contributed by atoms with van der Waals surface area (Å²) in [5.74, 6) is 0. The molecule has 4 heterocycles.